The fraction of sp³-hybridized carbons (Fsp3) is 0.636. The van der Waals surface area contributed by atoms with Crippen LogP contribution < -0.4 is 15.8 Å². The van der Waals surface area contributed by atoms with Crippen LogP contribution in [0.1, 0.15) is 19.8 Å². The number of hydrogen-bond acceptors (Lipinski definition) is 4. The van der Waals surface area contributed by atoms with Crippen LogP contribution in [0.15, 0.2) is 15.6 Å². The molecule has 0 bridgehead atoms. The number of likely N-dealkylation sites (N-methyl/N-ethyl adjacent to an activating group) is 1. The van der Waals surface area contributed by atoms with Crippen molar-refractivity contribution in [1.82, 2.24) is 15.3 Å². The van der Waals surface area contributed by atoms with Gasteiger partial charge in [0.25, 0.3) is 5.56 Å². The first-order chi connectivity index (χ1) is 8.24. The quantitative estimate of drug-likeness (QED) is 0.878. The van der Waals surface area contributed by atoms with E-state index in [0.717, 1.165) is 31.9 Å². The maximum atomic E-state index is 11.6. The van der Waals surface area contributed by atoms with Gasteiger partial charge >= 0.3 is 0 Å². The topological polar surface area (TPSA) is 61.0 Å². The molecule has 0 amide bonds. The van der Waals surface area contributed by atoms with E-state index in [1.54, 1.807) is 0 Å². The summed E-state index contributed by atoms with van der Waals surface area (Å²) in [5.41, 5.74) is -0.128. The Labute approximate surface area is 109 Å². The Morgan fingerprint density at radius 3 is 3.12 bits per heavy atom. The third-order valence-corrected chi connectivity index (χ3v) is 3.82. The Balaban J connectivity index is 2.27. The van der Waals surface area contributed by atoms with Crippen LogP contribution in [-0.2, 0) is 0 Å². The first-order valence-electron chi connectivity index (χ1n) is 5.94. The van der Waals surface area contributed by atoms with E-state index >= 15 is 0 Å². The molecule has 17 heavy (non-hydrogen) atoms. The van der Waals surface area contributed by atoms with E-state index in [2.05, 4.69) is 43.0 Å². The first kappa shape index (κ1) is 12.6. The lowest BCUT2D eigenvalue weighted by atomic mass is 10.1. The van der Waals surface area contributed by atoms with Crippen molar-refractivity contribution >= 4 is 21.7 Å². The summed E-state index contributed by atoms with van der Waals surface area (Å²) in [6.07, 6.45) is 3.77. The molecular formula is C11H17BrN4O. The van der Waals surface area contributed by atoms with Crippen LogP contribution in [0.3, 0.4) is 0 Å². The number of hydrogen-bond donors (Lipinski definition) is 2. The van der Waals surface area contributed by atoms with Crippen molar-refractivity contribution in [2.24, 2.45) is 0 Å². The fourth-order valence-electron chi connectivity index (χ4n) is 2.25. The molecule has 5 nitrogen and oxygen atoms in total. The molecule has 0 aliphatic carbocycles. The van der Waals surface area contributed by atoms with Gasteiger partial charge in [-0.3, -0.25) is 4.79 Å². The summed E-state index contributed by atoms with van der Waals surface area (Å²) < 4.78 is 0.521. The van der Waals surface area contributed by atoms with Crippen LogP contribution in [0.2, 0.25) is 0 Å². The monoisotopic (exact) mass is 300 g/mol. The van der Waals surface area contributed by atoms with Gasteiger partial charge in [0.1, 0.15) is 4.47 Å². The summed E-state index contributed by atoms with van der Waals surface area (Å²) in [6.45, 7) is 4.97. The Morgan fingerprint density at radius 2 is 2.47 bits per heavy atom. The highest BCUT2D eigenvalue weighted by atomic mass is 79.9. The number of aromatic amines is 1. The number of piperidine rings is 1. The highest BCUT2D eigenvalue weighted by molar-refractivity contribution is 9.10. The molecule has 1 aromatic heterocycles. The first-order valence-corrected chi connectivity index (χ1v) is 6.74. The minimum absolute atomic E-state index is 0.128. The van der Waals surface area contributed by atoms with E-state index in [4.69, 9.17) is 0 Å². The number of aromatic nitrogens is 2. The molecule has 1 aliphatic rings. The van der Waals surface area contributed by atoms with Gasteiger partial charge in [0.15, 0.2) is 5.82 Å². The van der Waals surface area contributed by atoms with Crippen molar-refractivity contribution in [3.05, 3.63) is 21.2 Å². The molecule has 1 saturated heterocycles. The molecule has 94 valence electrons. The molecule has 2 heterocycles. The van der Waals surface area contributed by atoms with E-state index in [1.165, 1.54) is 12.7 Å². The van der Waals surface area contributed by atoms with Crippen LogP contribution in [0.4, 0.5) is 5.82 Å². The minimum Gasteiger partial charge on any atom is -0.351 e. The lowest BCUT2D eigenvalue weighted by Crippen LogP contribution is -2.47. The van der Waals surface area contributed by atoms with Gasteiger partial charge in [-0.05, 0) is 42.2 Å². The van der Waals surface area contributed by atoms with Gasteiger partial charge in [0.2, 0.25) is 0 Å². The fourth-order valence-corrected chi connectivity index (χ4v) is 2.70. The van der Waals surface area contributed by atoms with Gasteiger partial charge in [-0.25, -0.2) is 4.98 Å². The van der Waals surface area contributed by atoms with Crippen molar-refractivity contribution in [3.63, 3.8) is 0 Å². The van der Waals surface area contributed by atoms with E-state index in [0.29, 0.717) is 10.5 Å². The molecule has 0 radical (unpaired) electrons. The zero-order valence-electron chi connectivity index (χ0n) is 9.87. The molecule has 2 N–H and O–H groups in total. The Hall–Kier alpha value is -0.880. The molecule has 0 saturated carbocycles. The predicted octanol–water partition coefficient (Wildman–Crippen LogP) is 1.11. The summed E-state index contributed by atoms with van der Waals surface area (Å²) in [7, 11) is 0. The van der Waals surface area contributed by atoms with E-state index < -0.39 is 0 Å². The van der Waals surface area contributed by atoms with Crippen molar-refractivity contribution in [1.29, 1.82) is 0 Å². The standard InChI is InChI=1S/C11H17BrN4O/c1-2-16(8-4-3-5-13-6-8)10-9(12)11(17)15-7-14-10/h7-8,13H,2-6H2,1H3,(H,14,15,17). The highest BCUT2D eigenvalue weighted by Crippen LogP contribution is 2.23. The van der Waals surface area contributed by atoms with Gasteiger partial charge in [-0.1, -0.05) is 0 Å². The highest BCUT2D eigenvalue weighted by Gasteiger charge is 2.23. The average Bonchev–Trinajstić information content (AvgIpc) is 2.37. The van der Waals surface area contributed by atoms with Gasteiger partial charge < -0.3 is 15.2 Å². The summed E-state index contributed by atoms with van der Waals surface area (Å²) in [5.74, 6) is 0.741. The molecule has 1 aliphatic heterocycles. The maximum Gasteiger partial charge on any atom is 0.267 e. The lowest BCUT2D eigenvalue weighted by Gasteiger charge is -2.35. The summed E-state index contributed by atoms with van der Waals surface area (Å²) in [4.78, 5) is 20.6. The maximum absolute atomic E-state index is 11.6. The van der Waals surface area contributed by atoms with Crippen molar-refractivity contribution in [2.75, 3.05) is 24.5 Å². The average molecular weight is 301 g/mol. The summed E-state index contributed by atoms with van der Waals surface area (Å²) in [5, 5.41) is 3.38. The van der Waals surface area contributed by atoms with Gasteiger partial charge in [0.05, 0.1) is 6.33 Å². The molecule has 2 rings (SSSR count). The number of nitrogens with zero attached hydrogens (tertiary/aromatic N) is 2. The number of anilines is 1. The smallest absolute Gasteiger partial charge is 0.267 e. The summed E-state index contributed by atoms with van der Waals surface area (Å²) in [6, 6.07) is 0.416. The number of H-pyrrole nitrogens is 1. The molecule has 0 aromatic carbocycles. The largest absolute Gasteiger partial charge is 0.351 e. The molecule has 1 aromatic rings. The molecule has 1 atom stereocenters. The van der Waals surface area contributed by atoms with Crippen LogP contribution in [0.5, 0.6) is 0 Å². The minimum atomic E-state index is -0.128. The van der Waals surface area contributed by atoms with Gasteiger partial charge in [-0.15, -0.1) is 0 Å². The lowest BCUT2D eigenvalue weighted by molar-refractivity contribution is 0.433. The predicted molar refractivity (Wildman–Crippen MR) is 71.5 cm³/mol. The van der Waals surface area contributed by atoms with Crippen LogP contribution in [0, 0.1) is 0 Å². The third kappa shape index (κ3) is 2.69. The zero-order chi connectivity index (χ0) is 12.3. The second kappa shape index (κ2) is 5.64. The third-order valence-electron chi connectivity index (χ3n) is 3.10. The van der Waals surface area contributed by atoms with Crippen LogP contribution in [-0.4, -0.2) is 35.6 Å². The van der Waals surface area contributed by atoms with Crippen molar-refractivity contribution < 1.29 is 0 Å². The van der Waals surface area contributed by atoms with Crippen molar-refractivity contribution in [3.8, 4) is 0 Å². The van der Waals surface area contributed by atoms with Gasteiger partial charge in [0, 0.05) is 19.1 Å². The molecular weight excluding hydrogens is 284 g/mol. The number of halogens is 1. The normalized spacial score (nSPS) is 20.2. The van der Waals surface area contributed by atoms with E-state index in [-0.39, 0.29) is 5.56 Å². The molecule has 1 fully saturated rings. The zero-order valence-corrected chi connectivity index (χ0v) is 11.5. The second-order valence-corrected chi connectivity index (χ2v) is 4.95. The van der Waals surface area contributed by atoms with Gasteiger partial charge in [-0.2, -0.15) is 0 Å². The van der Waals surface area contributed by atoms with E-state index in [9.17, 15) is 4.79 Å². The second-order valence-electron chi connectivity index (χ2n) is 4.16. The Kier molecular flexibility index (Phi) is 4.17. The van der Waals surface area contributed by atoms with E-state index in [1.807, 2.05) is 0 Å². The molecule has 1 unspecified atom stereocenters. The molecule has 6 heteroatoms. The number of rotatable bonds is 3. The summed E-state index contributed by atoms with van der Waals surface area (Å²) >= 11 is 3.32. The van der Waals surface area contributed by atoms with Crippen molar-refractivity contribution in [2.45, 2.75) is 25.8 Å². The SMILES string of the molecule is CCN(c1nc[nH]c(=O)c1Br)C1CCCNC1. The Morgan fingerprint density at radius 1 is 1.65 bits per heavy atom. The molecule has 0 spiro atoms. The van der Waals surface area contributed by atoms with Crippen LogP contribution >= 0.6 is 15.9 Å². The Bertz CT molecular complexity index is 428. The number of nitrogens with one attached hydrogen (secondary N) is 2. The van der Waals surface area contributed by atoms with Crippen LogP contribution in [0.25, 0.3) is 0 Å².